The Balaban J connectivity index is 1.82. The summed E-state index contributed by atoms with van der Waals surface area (Å²) in [7, 11) is 0. The molecular weight excluding hydrogens is 256 g/mol. The van der Waals surface area contributed by atoms with Gasteiger partial charge in [-0.05, 0) is 26.3 Å². The average molecular weight is 278 g/mol. The van der Waals surface area contributed by atoms with Crippen LogP contribution in [0.15, 0.2) is 18.2 Å². The number of para-hydroxylation sites is 1. The Morgan fingerprint density at radius 3 is 2.90 bits per heavy atom. The smallest absolute Gasteiger partial charge is 0.234 e. The number of amides is 1. The molecule has 1 aliphatic rings. The normalized spacial score (nSPS) is 13.3. The minimum Gasteiger partial charge on any atom is -0.454 e. The molecule has 1 aromatic carbocycles. The quantitative estimate of drug-likeness (QED) is 0.833. The van der Waals surface area contributed by atoms with Crippen LogP contribution in [0.4, 0.5) is 0 Å². The van der Waals surface area contributed by atoms with Gasteiger partial charge < -0.3 is 20.1 Å². The Morgan fingerprint density at radius 1 is 1.35 bits per heavy atom. The SMILES string of the molecule is CCC(C)(C)NC(=O)CNCc1cccc2c1OCO2. The molecule has 0 fully saturated rings. The van der Waals surface area contributed by atoms with E-state index in [1.165, 1.54) is 0 Å². The van der Waals surface area contributed by atoms with Crippen LogP contribution < -0.4 is 20.1 Å². The predicted molar refractivity (Wildman–Crippen MR) is 76.8 cm³/mol. The van der Waals surface area contributed by atoms with Crippen LogP contribution in [0.5, 0.6) is 11.5 Å². The molecule has 20 heavy (non-hydrogen) atoms. The number of hydrogen-bond acceptors (Lipinski definition) is 4. The molecule has 5 heteroatoms. The van der Waals surface area contributed by atoms with E-state index in [0.717, 1.165) is 23.5 Å². The monoisotopic (exact) mass is 278 g/mol. The molecule has 0 saturated carbocycles. The molecule has 1 amide bonds. The highest BCUT2D eigenvalue weighted by Crippen LogP contribution is 2.35. The van der Waals surface area contributed by atoms with Crippen LogP contribution in [-0.4, -0.2) is 24.8 Å². The van der Waals surface area contributed by atoms with Crippen molar-refractivity contribution in [2.45, 2.75) is 39.3 Å². The van der Waals surface area contributed by atoms with Crippen molar-refractivity contribution in [1.29, 1.82) is 0 Å². The Hall–Kier alpha value is -1.75. The zero-order valence-electron chi connectivity index (χ0n) is 12.3. The van der Waals surface area contributed by atoms with Crippen molar-refractivity contribution in [3.63, 3.8) is 0 Å². The highest BCUT2D eigenvalue weighted by atomic mass is 16.7. The van der Waals surface area contributed by atoms with Gasteiger partial charge in [0.15, 0.2) is 11.5 Å². The molecule has 1 heterocycles. The number of fused-ring (bicyclic) bond motifs is 1. The highest BCUT2D eigenvalue weighted by molar-refractivity contribution is 5.78. The van der Waals surface area contributed by atoms with Gasteiger partial charge in [0.2, 0.25) is 12.7 Å². The summed E-state index contributed by atoms with van der Waals surface area (Å²) in [6.45, 7) is 7.20. The van der Waals surface area contributed by atoms with Gasteiger partial charge in [0, 0.05) is 17.6 Å². The number of rotatable bonds is 6. The van der Waals surface area contributed by atoms with Crippen molar-refractivity contribution in [3.8, 4) is 11.5 Å². The molecule has 1 aromatic rings. The minimum absolute atomic E-state index is 0.00148. The summed E-state index contributed by atoms with van der Waals surface area (Å²) in [5, 5.41) is 6.12. The average Bonchev–Trinajstić information content (AvgIpc) is 2.87. The van der Waals surface area contributed by atoms with Crippen LogP contribution in [0.2, 0.25) is 0 Å². The van der Waals surface area contributed by atoms with Gasteiger partial charge in [0.05, 0.1) is 6.54 Å². The summed E-state index contributed by atoms with van der Waals surface area (Å²) in [5.74, 6) is 1.54. The molecular formula is C15H22N2O3. The molecule has 2 rings (SSSR count). The van der Waals surface area contributed by atoms with E-state index in [1.54, 1.807) is 0 Å². The number of carbonyl (C=O) groups excluding carboxylic acids is 1. The third-order valence-electron chi connectivity index (χ3n) is 3.44. The van der Waals surface area contributed by atoms with Crippen LogP contribution >= 0.6 is 0 Å². The maximum Gasteiger partial charge on any atom is 0.234 e. The molecule has 1 aliphatic heterocycles. The van der Waals surface area contributed by atoms with Crippen molar-refractivity contribution in [1.82, 2.24) is 10.6 Å². The van der Waals surface area contributed by atoms with Gasteiger partial charge in [-0.2, -0.15) is 0 Å². The van der Waals surface area contributed by atoms with E-state index >= 15 is 0 Å². The molecule has 0 unspecified atom stereocenters. The topological polar surface area (TPSA) is 59.6 Å². The molecule has 0 bridgehead atoms. The van der Waals surface area contributed by atoms with E-state index in [9.17, 15) is 4.79 Å². The van der Waals surface area contributed by atoms with E-state index < -0.39 is 0 Å². The lowest BCUT2D eigenvalue weighted by Gasteiger charge is -2.24. The van der Waals surface area contributed by atoms with Gasteiger partial charge >= 0.3 is 0 Å². The van der Waals surface area contributed by atoms with Crippen molar-refractivity contribution < 1.29 is 14.3 Å². The first-order chi connectivity index (χ1) is 9.52. The first-order valence-electron chi connectivity index (χ1n) is 6.91. The van der Waals surface area contributed by atoms with Crippen molar-refractivity contribution in [3.05, 3.63) is 23.8 Å². The van der Waals surface area contributed by atoms with Gasteiger partial charge in [0.1, 0.15) is 0 Å². The minimum atomic E-state index is -0.163. The molecule has 0 radical (unpaired) electrons. The fraction of sp³-hybridized carbons (Fsp3) is 0.533. The van der Waals surface area contributed by atoms with E-state index in [-0.39, 0.29) is 24.8 Å². The summed E-state index contributed by atoms with van der Waals surface area (Å²) < 4.78 is 10.7. The van der Waals surface area contributed by atoms with Gasteiger partial charge in [-0.1, -0.05) is 19.1 Å². The zero-order chi connectivity index (χ0) is 14.6. The Bertz CT molecular complexity index is 486. The van der Waals surface area contributed by atoms with E-state index in [4.69, 9.17) is 9.47 Å². The standard InChI is InChI=1S/C15H22N2O3/c1-4-15(2,3)17-13(18)9-16-8-11-6-5-7-12-14(11)20-10-19-12/h5-7,16H,4,8-10H2,1-3H3,(H,17,18). The third kappa shape index (κ3) is 3.63. The lowest BCUT2D eigenvalue weighted by molar-refractivity contribution is -0.121. The number of hydrogen-bond donors (Lipinski definition) is 2. The van der Waals surface area contributed by atoms with Crippen LogP contribution in [0, 0.1) is 0 Å². The molecule has 2 N–H and O–H groups in total. The lowest BCUT2D eigenvalue weighted by atomic mass is 10.0. The van der Waals surface area contributed by atoms with E-state index in [0.29, 0.717) is 6.54 Å². The molecule has 0 atom stereocenters. The summed E-state index contributed by atoms with van der Waals surface area (Å²) in [6.07, 6.45) is 0.899. The fourth-order valence-electron chi connectivity index (χ4n) is 1.95. The van der Waals surface area contributed by atoms with Crippen molar-refractivity contribution in [2.75, 3.05) is 13.3 Å². The predicted octanol–water partition coefficient (Wildman–Crippen LogP) is 1.81. The summed E-state index contributed by atoms with van der Waals surface area (Å²) in [6, 6.07) is 5.77. The van der Waals surface area contributed by atoms with Gasteiger partial charge in [-0.15, -0.1) is 0 Å². The Labute approximate surface area is 119 Å². The van der Waals surface area contributed by atoms with Crippen LogP contribution in [-0.2, 0) is 11.3 Å². The Kier molecular flexibility index (Phi) is 4.49. The second-order valence-corrected chi connectivity index (χ2v) is 5.54. The second kappa shape index (κ2) is 6.13. The van der Waals surface area contributed by atoms with Crippen LogP contribution in [0.25, 0.3) is 0 Å². The number of benzene rings is 1. The third-order valence-corrected chi connectivity index (χ3v) is 3.44. The zero-order valence-corrected chi connectivity index (χ0v) is 12.3. The molecule has 0 aliphatic carbocycles. The van der Waals surface area contributed by atoms with Crippen molar-refractivity contribution >= 4 is 5.91 Å². The summed E-state index contributed by atoms with van der Waals surface area (Å²) in [4.78, 5) is 11.8. The first kappa shape index (κ1) is 14.7. The molecule has 110 valence electrons. The van der Waals surface area contributed by atoms with Crippen LogP contribution in [0.3, 0.4) is 0 Å². The van der Waals surface area contributed by atoms with E-state index in [2.05, 4.69) is 17.6 Å². The Morgan fingerprint density at radius 2 is 2.15 bits per heavy atom. The summed E-state index contributed by atoms with van der Waals surface area (Å²) in [5.41, 5.74) is 0.839. The van der Waals surface area contributed by atoms with Crippen molar-refractivity contribution in [2.24, 2.45) is 0 Å². The highest BCUT2D eigenvalue weighted by Gasteiger charge is 2.19. The van der Waals surface area contributed by atoms with E-state index in [1.807, 2.05) is 32.0 Å². The first-order valence-corrected chi connectivity index (χ1v) is 6.91. The lowest BCUT2D eigenvalue weighted by Crippen LogP contribution is -2.46. The maximum atomic E-state index is 11.8. The maximum absolute atomic E-state index is 11.8. The number of nitrogens with one attached hydrogen (secondary N) is 2. The molecule has 0 spiro atoms. The molecule has 0 aromatic heterocycles. The molecule has 5 nitrogen and oxygen atoms in total. The molecule has 0 saturated heterocycles. The van der Waals surface area contributed by atoms with Crippen LogP contribution in [0.1, 0.15) is 32.8 Å². The fourth-order valence-corrected chi connectivity index (χ4v) is 1.95. The van der Waals surface area contributed by atoms with Gasteiger partial charge in [0.25, 0.3) is 0 Å². The van der Waals surface area contributed by atoms with Gasteiger partial charge in [-0.25, -0.2) is 0 Å². The number of carbonyl (C=O) groups is 1. The van der Waals surface area contributed by atoms with Gasteiger partial charge in [-0.3, -0.25) is 4.79 Å². The largest absolute Gasteiger partial charge is 0.454 e. The summed E-state index contributed by atoms with van der Waals surface area (Å²) >= 11 is 0. The second-order valence-electron chi connectivity index (χ2n) is 5.54. The number of ether oxygens (including phenoxy) is 2.